The summed E-state index contributed by atoms with van der Waals surface area (Å²) in [5, 5.41) is 6.02. The Balaban J connectivity index is 1.08. The maximum absolute atomic E-state index is 12.2. The lowest BCUT2D eigenvalue weighted by atomic mass is 10.0. The van der Waals surface area contributed by atoms with Crippen LogP contribution in [0, 0.1) is 0 Å². The van der Waals surface area contributed by atoms with E-state index >= 15 is 0 Å². The molecule has 6 nitrogen and oxygen atoms in total. The molecule has 0 aromatic heterocycles. The lowest BCUT2D eigenvalue weighted by Gasteiger charge is -2.34. The van der Waals surface area contributed by atoms with E-state index in [1.807, 2.05) is 18.2 Å². The Morgan fingerprint density at radius 3 is 2.53 bits per heavy atom. The Kier molecular flexibility index (Phi) is 7.21. The van der Waals surface area contributed by atoms with Crippen LogP contribution in [0.3, 0.4) is 0 Å². The van der Waals surface area contributed by atoms with E-state index in [9.17, 15) is 4.79 Å². The zero-order valence-corrected chi connectivity index (χ0v) is 17.6. The Morgan fingerprint density at radius 1 is 0.967 bits per heavy atom. The van der Waals surface area contributed by atoms with E-state index in [1.54, 1.807) is 0 Å². The highest BCUT2D eigenvalue weighted by Gasteiger charge is 2.21. The van der Waals surface area contributed by atoms with E-state index in [2.05, 4.69) is 56.8 Å². The molecule has 2 amide bonds. The summed E-state index contributed by atoms with van der Waals surface area (Å²) < 4.78 is 5.73. The highest BCUT2D eigenvalue weighted by Crippen LogP contribution is 2.23. The first-order valence-electron chi connectivity index (χ1n) is 11.0. The lowest BCUT2D eigenvalue weighted by Crippen LogP contribution is -2.48. The van der Waals surface area contributed by atoms with E-state index < -0.39 is 0 Å². The van der Waals surface area contributed by atoms with Crippen LogP contribution in [0.25, 0.3) is 0 Å². The van der Waals surface area contributed by atoms with Crippen LogP contribution < -0.4 is 15.4 Å². The largest absolute Gasteiger partial charge is 0.491 e. The quantitative estimate of drug-likeness (QED) is 0.692. The first-order chi connectivity index (χ1) is 14.8. The molecule has 2 aliphatic heterocycles. The van der Waals surface area contributed by atoms with Gasteiger partial charge in [0.25, 0.3) is 0 Å². The summed E-state index contributed by atoms with van der Waals surface area (Å²) in [6.07, 6.45) is 1.78. The molecule has 160 valence electrons. The number of hydrogen-bond donors (Lipinski definition) is 2. The zero-order valence-electron chi connectivity index (χ0n) is 17.6. The molecule has 2 aliphatic rings. The van der Waals surface area contributed by atoms with Crippen molar-refractivity contribution in [1.29, 1.82) is 0 Å². The fourth-order valence-electron chi connectivity index (χ4n) is 4.17. The fourth-order valence-corrected chi connectivity index (χ4v) is 4.17. The number of carbonyl (C=O) groups is 1. The van der Waals surface area contributed by atoms with Gasteiger partial charge in [-0.15, -0.1) is 0 Å². The summed E-state index contributed by atoms with van der Waals surface area (Å²) in [5.74, 6) is 0.930. The SMILES string of the molecule is O=C(NCCCN1CCN(Cc2ccccc2)CC1)NC1COc2ccccc2C1. The number of rotatable bonds is 7. The summed E-state index contributed by atoms with van der Waals surface area (Å²) in [4.78, 5) is 17.2. The molecular formula is C24H32N4O2. The molecule has 4 rings (SSSR count). The summed E-state index contributed by atoms with van der Waals surface area (Å²) in [6.45, 7) is 7.68. The van der Waals surface area contributed by atoms with E-state index in [-0.39, 0.29) is 12.1 Å². The average Bonchev–Trinajstić information content (AvgIpc) is 2.78. The molecule has 1 fully saturated rings. The van der Waals surface area contributed by atoms with Crippen LogP contribution in [0.5, 0.6) is 5.75 Å². The minimum atomic E-state index is -0.101. The second-order valence-corrected chi connectivity index (χ2v) is 8.18. The monoisotopic (exact) mass is 408 g/mol. The van der Waals surface area contributed by atoms with Crippen LogP contribution >= 0.6 is 0 Å². The van der Waals surface area contributed by atoms with Gasteiger partial charge < -0.3 is 20.3 Å². The van der Waals surface area contributed by atoms with Crippen molar-refractivity contribution in [3.63, 3.8) is 0 Å². The predicted molar refractivity (Wildman–Crippen MR) is 119 cm³/mol. The van der Waals surface area contributed by atoms with Gasteiger partial charge in [-0.2, -0.15) is 0 Å². The van der Waals surface area contributed by atoms with Gasteiger partial charge in [0, 0.05) is 39.3 Å². The first-order valence-corrected chi connectivity index (χ1v) is 11.0. The molecule has 0 aliphatic carbocycles. The smallest absolute Gasteiger partial charge is 0.315 e. The van der Waals surface area contributed by atoms with Gasteiger partial charge in [0.15, 0.2) is 0 Å². The van der Waals surface area contributed by atoms with Crippen molar-refractivity contribution in [2.45, 2.75) is 25.4 Å². The third-order valence-corrected chi connectivity index (χ3v) is 5.86. The first kappa shape index (κ1) is 20.7. The summed E-state index contributed by atoms with van der Waals surface area (Å²) in [5.41, 5.74) is 2.54. The number of amides is 2. The van der Waals surface area contributed by atoms with Crippen molar-refractivity contribution >= 4 is 6.03 Å². The van der Waals surface area contributed by atoms with Gasteiger partial charge in [-0.25, -0.2) is 4.79 Å². The van der Waals surface area contributed by atoms with Crippen molar-refractivity contribution < 1.29 is 9.53 Å². The molecule has 2 heterocycles. The van der Waals surface area contributed by atoms with Gasteiger partial charge in [0.1, 0.15) is 12.4 Å². The average molecular weight is 409 g/mol. The van der Waals surface area contributed by atoms with Crippen molar-refractivity contribution in [2.75, 3.05) is 45.9 Å². The Morgan fingerprint density at radius 2 is 1.70 bits per heavy atom. The number of para-hydroxylation sites is 1. The van der Waals surface area contributed by atoms with Gasteiger partial charge >= 0.3 is 6.03 Å². The third kappa shape index (κ3) is 5.97. The van der Waals surface area contributed by atoms with Crippen LogP contribution in [-0.2, 0) is 13.0 Å². The maximum atomic E-state index is 12.2. The zero-order chi connectivity index (χ0) is 20.6. The number of nitrogens with one attached hydrogen (secondary N) is 2. The molecular weight excluding hydrogens is 376 g/mol. The number of hydrogen-bond acceptors (Lipinski definition) is 4. The van der Waals surface area contributed by atoms with Gasteiger partial charge in [0.05, 0.1) is 6.04 Å². The molecule has 1 atom stereocenters. The lowest BCUT2D eigenvalue weighted by molar-refractivity contribution is 0.126. The summed E-state index contributed by atoms with van der Waals surface area (Å²) >= 11 is 0. The maximum Gasteiger partial charge on any atom is 0.315 e. The molecule has 6 heteroatoms. The van der Waals surface area contributed by atoms with Crippen LogP contribution in [0.15, 0.2) is 54.6 Å². The topological polar surface area (TPSA) is 56.8 Å². The number of carbonyl (C=O) groups excluding carboxylic acids is 1. The van der Waals surface area contributed by atoms with Crippen molar-refractivity contribution in [3.8, 4) is 5.75 Å². The molecule has 30 heavy (non-hydrogen) atoms. The Labute approximate surface area is 179 Å². The van der Waals surface area contributed by atoms with Crippen molar-refractivity contribution in [3.05, 3.63) is 65.7 Å². The highest BCUT2D eigenvalue weighted by atomic mass is 16.5. The van der Waals surface area contributed by atoms with Crippen molar-refractivity contribution in [2.24, 2.45) is 0 Å². The molecule has 2 aromatic carbocycles. The molecule has 1 unspecified atom stereocenters. The molecule has 1 saturated heterocycles. The third-order valence-electron chi connectivity index (χ3n) is 5.86. The van der Waals surface area contributed by atoms with Gasteiger partial charge in [-0.1, -0.05) is 48.5 Å². The van der Waals surface area contributed by atoms with Crippen LogP contribution in [0.4, 0.5) is 4.79 Å². The molecule has 0 spiro atoms. The minimum Gasteiger partial charge on any atom is -0.491 e. The predicted octanol–water partition coefficient (Wildman–Crippen LogP) is 2.50. The van der Waals surface area contributed by atoms with Gasteiger partial charge in [-0.05, 0) is 36.6 Å². The normalized spacial score (nSPS) is 19.5. The van der Waals surface area contributed by atoms with E-state index in [1.165, 1.54) is 5.56 Å². The Hall–Kier alpha value is -2.57. The highest BCUT2D eigenvalue weighted by molar-refractivity contribution is 5.74. The number of ether oxygens (including phenoxy) is 1. The van der Waals surface area contributed by atoms with Crippen LogP contribution in [0.2, 0.25) is 0 Å². The summed E-state index contributed by atoms with van der Waals surface area (Å²) in [6, 6.07) is 18.6. The van der Waals surface area contributed by atoms with Crippen LogP contribution in [0.1, 0.15) is 17.5 Å². The number of piperazine rings is 1. The van der Waals surface area contributed by atoms with Gasteiger partial charge in [-0.3, -0.25) is 4.90 Å². The summed E-state index contributed by atoms with van der Waals surface area (Å²) in [7, 11) is 0. The van der Waals surface area contributed by atoms with E-state index in [4.69, 9.17) is 4.74 Å². The van der Waals surface area contributed by atoms with Crippen molar-refractivity contribution in [1.82, 2.24) is 20.4 Å². The minimum absolute atomic E-state index is 0.0255. The van der Waals surface area contributed by atoms with E-state index in [0.29, 0.717) is 13.2 Å². The number of nitrogens with zero attached hydrogens (tertiary/aromatic N) is 2. The van der Waals surface area contributed by atoms with E-state index in [0.717, 1.165) is 63.4 Å². The molecule has 2 aromatic rings. The fraction of sp³-hybridized carbons (Fsp3) is 0.458. The second kappa shape index (κ2) is 10.5. The Bertz CT molecular complexity index is 806. The molecule has 0 bridgehead atoms. The number of benzene rings is 2. The molecule has 0 saturated carbocycles. The second-order valence-electron chi connectivity index (χ2n) is 8.18. The molecule has 0 radical (unpaired) electrons. The number of urea groups is 1. The molecule has 2 N–H and O–H groups in total. The van der Waals surface area contributed by atoms with Crippen LogP contribution in [-0.4, -0.2) is 67.7 Å². The number of fused-ring (bicyclic) bond motifs is 1. The standard InChI is InChI=1S/C24H32N4O2/c29-24(26-22-17-21-9-4-5-10-23(21)30-19-22)25-11-6-12-27-13-15-28(16-14-27)18-20-7-2-1-3-8-20/h1-5,7-10,22H,6,11-19H2,(H2,25,26,29). The van der Waals surface area contributed by atoms with Gasteiger partial charge in [0.2, 0.25) is 0 Å².